The van der Waals surface area contributed by atoms with E-state index in [1.807, 2.05) is 33.0 Å². The van der Waals surface area contributed by atoms with E-state index < -0.39 is 5.41 Å². The van der Waals surface area contributed by atoms with Crippen LogP contribution in [0.1, 0.15) is 20.8 Å². The van der Waals surface area contributed by atoms with Crippen molar-refractivity contribution >= 4 is 33.2 Å². The number of rotatable bonds is 1. The first-order valence-electron chi connectivity index (χ1n) is 5.18. The van der Waals surface area contributed by atoms with Crippen molar-refractivity contribution in [2.24, 2.45) is 5.41 Å². The Morgan fingerprint density at radius 3 is 2.82 bits per heavy atom. The normalized spacial score (nSPS) is 11.8. The smallest absolute Gasteiger partial charge is 0.229 e. The van der Waals surface area contributed by atoms with Gasteiger partial charge in [-0.1, -0.05) is 20.8 Å². The molecule has 2 aromatic rings. The van der Waals surface area contributed by atoms with Crippen LogP contribution in [-0.2, 0) is 4.79 Å². The number of carbonyl (C=O) groups is 1. The summed E-state index contributed by atoms with van der Waals surface area (Å²) < 4.78 is 2.61. The molecule has 1 N–H and O–H groups in total. The molecular formula is C11H13BrN4O. The molecule has 0 bridgehead atoms. The second kappa shape index (κ2) is 4.10. The first-order valence-corrected chi connectivity index (χ1v) is 5.97. The summed E-state index contributed by atoms with van der Waals surface area (Å²) in [5.74, 6) is -0.0551. The Bertz CT molecular complexity index is 570. The van der Waals surface area contributed by atoms with Crippen molar-refractivity contribution in [2.75, 3.05) is 5.32 Å². The number of amides is 1. The second-order valence-corrected chi connectivity index (χ2v) is 5.75. The van der Waals surface area contributed by atoms with Crippen molar-refractivity contribution in [3.8, 4) is 0 Å². The topological polar surface area (TPSA) is 59.3 Å². The summed E-state index contributed by atoms with van der Waals surface area (Å²) in [4.78, 5) is 11.9. The summed E-state index contributed by atoms with van der Waals surface area (Å²) in [6, 6.07) is 1.81. The number of fused-ring (bicyclic) bond motifs is 1. The molecule has 90 valence electrons. The highest BCUT2D eigenvalue weighted by Gasteiger charge is 2.22. The van der Waals surface area contributed by atoms with E-state index in [2.05, 4.69) is 31.4 Å². The summed E-state index contributed by atoms with van der Waals surface area (Å²) in [6.45, 7) is 5.59. The van der Waals surface area contributed by atoms with Gasteiger partial charge >= 0.3 is 0 Å². The van der Waals surface area contributed by atoms with Crippen LogP contribution in [0.15, 0.2) is 23.1 Å². The summed E-state index contributed by atoms with van der Waals surface area (Å²) in [6.07, 6.45) is 3.43. The Morgan fingerprint density at radius 1 is 1.47 bits per heavy atom. The monoisotopic (exact) mass is 296 g/mol. The molecule has 0 unspecified atom stereocenters. The molecule has 0 aromatic carbocycles. The standard InChI is InChI=1S/C11H13BrN4O/c1-11(2,3)10(17)14-8-4-7(12)5-16-6-13-15-9(8)16/h4-6H,1-3H3,(H,14,17). The number of pyridine rings is 1. The van der Waals surface area contributed by atoms with Crippen molar-refractivity contribution in [3.63, 3.8) is 0 Å². The number of hydrogen-bond acceptors (Lipinski definition) is 3. The predicted octanol–water partition coefficient (Wildman–Crippen LogP) is 2.48. The lowest BCUT2D eigenvalue weighted by Gasteiger charge is -2.17. The van der Waals surface area contributed by atoms with Gasteiger partial charge in [-0.3, -0.25) is 9.20 Å². The maximum atomic E-state index is 11.9. The molecule has 0 spiro atoms. The number of anilines is 1. The molecule has 2 rings (SSSR count). The van der Waals surface area contributed by atoms with Gasteiger partial charge in [-0.2, -0.15) is 0 Å². The molecule has 6 heteroatoms. The highest BCUT2D eigenvalue weighted by molar-refractivity contribution is 9.10. The Hall–Kier alpha value is -1.43. The molecule has 0 fully saturated rings. The van der Waals surface area contributed by atoms with Gasteiger partial charge < -0.3 is 5.32 Å². The first kappa shape index (κ1) is 12.0. The van der Waals surface area contributed by atoms with Crippen molar-refractivity contribution in [2.45, 2.75) is 20.8 Å². The van der Waals surface area contributed by atoms with E-state index >= 15 is 0 Å². The van der Waals surface area contributed by atoms with E-state index in [4.69, 9.17) is 0 Å². The molecule has 0 aliphatic heterocycles. The van der Waals surface area contributed by atoms with Crippen molar-refractivity contribution in [1.82, 2.24) is 14.6 Å². The van der Waals surface area contributed by atoms with E-state index in [-0.39, 0.29) is 5.91 Å². The van der Waals surface area contributed by atoms with E-state index in [0.29, 0.717) is 11.3 Å². The van der Waals surface area contributed by atoms with Crippen LogP contribution in [0.5, 0.6) is 0 Å². The number of nitrogens with one attached hydrogen (secondary N) is 1. The van der Waals surface area contributed by atoms with Crippen LogP contribution in [0.2, 0.25) is 0 Å². The fourth-order valence-corrected chi connectivity index (χ4v) is 1.75. The SMILES string of the molecule is CC(C)(C)C(=O)Nc1cc(Br)cn2cnnc12. The largest absolute Gasteiger partial charge is 0.322 e. The zero-order valence-electron chi connectivity index (χ0n) is 9.86. The lowest BCUT2D eigenvalue weighted by Crippen LogP contribution is -2.27. The molecule has 0 saturated carbocycles. The van der Waals surface area contributed by atoms with E-state index in [9.17, 15) is 4.79 Å². The van der Waals surface area contributed by atoms with Gasteiger partial charge in [0.25, 0.3) is 0 Å². The molecular weight excluding hydrogens is 284 g/mol. The number of nitrogens with zero attached hydrogens (tertiary/aromatic N) is 3. The Morgan fingerprint density at radius 2 is 2.18 bits per heavy atom. The van der Waals surface area contributed by atoms with E-state index in [1.165, 1.54) is 0 Å². The number of carbonyl (C=O) groups excluding carboxylic acids is 1. The summed E-state index contributed by atoms with van der Waals surface area (Å²) in [5, 5.41) is 10.6. The van der Waals surface area contributed by atoms with Crippen molar-refractivity contribution in [3.05, 3.63) is 23.1 Å². The van der Waals surface area contributed by atoms with Gasteiger partial charge in [-0.25, -0.2) is 0 Å². The Labute approximate surface area is 107 Å². The van der Waals surface area contributed by atoms with Crippen LogP contribution in [0, 0.1) is 5.41 Å². The first-order chi connectivity index (χ1) is 7.88. The van der Waals surface area contributed by atoms with Crippen LogP contribution < -0.4 is 5.32 Å². The molecule has 0 aliphatic carbocycles. The highest BCUT2D eigenvalue weighted by atomic mass is 79.9. The minimum Gasteiger partial charge on any atom is -0.322 e. The summed E-state index contributed by atoms with van der Waals surface area (Å²) >= 11 is 3.38. The number of aromatic nitrogens is 3. The maximum absolute atomic E-state index is 11.9. The minimum atomic E-state index is -0.445. The highest BCUT2D eigenvalue weighted by Crippen LogP contribution is 2.23. The summed E-state index contributed by atoms with van der Waals surface area (Å²) in [5.41, 5.74) is 0.835. The Balaban J connectivity index is 2.42. The number of hydrogen-bond donors (Lipinski definition) is 1. The summed E-state index contributed by atoms with van der Waals surface area (Å²) in [7, 11) is 0. The zero-order valence-corrected chi connectivity index (χ0v) is 11.4. The number of halogens is 1. The van der Waals surface area contributed by atoms with Crippen LogP contribution >= 0.6 is 15.9 Å². The van der Waals surface area contributed by atoms with Gasteiger partial charge in [-0.05, 0) is 22.0 Å². The van der Waals surface area contributed by atoms with Crippen LogP contribution in [0.4, 0.5) is 5.69 Å². The van der Waals surface area contributed by atoms with Gasteiger partial charge in [0.2, 0.25) is 5.91 Å². The third-order valence-electron chi connectivity index (χ3n) is 2.29. The van der Waals surface area contributed by atoms with Gasteiger partial charge in [0.15, 0.2) is 5.65 Å². The van der Waals surface area contributed by atoms with E-state index in [1.54, 1.807) is 10.7 Å². The van der Waals surface area contributed by atoms with Gasteiger partial charge in [0, 0.05) is 16.1 Å². The molecule has 17 heavy (non-hydrogen) atoms. The van der Waals surface area contributed by atoms with Gasteiger partial charge in [0.05, 0.1) is 5.69 Å². The molecule has 1 amide bonds. The van der Waals surface area contributed by atoms with Crippen LogP contribution in [0.3, 0.4) is 0 Å². The van der Waals surface area contributed by atoms with Crippen LogP contribution in [0.25, 0.3) is 5.65 Å². The van der Waals surface area contributed by atoms with Crippen molar-refractivity contribution in [1.29, 1.82) is 0 Å². The van der Waals surface area contributed by atoms with Crippen LogP contribution in [-0.4, -0.2) is 20.5 Å². The molecule has 5 nitrogen and oxygen atoms in total. The molecule has 0 aliphatic rings. The molecule has 0 radical (unpaired) electrons. The molecule has 0 atom stereocenters. The van der Waals surface area contributed by atoms with Crippen molar-refractivity contribution < 1.29 is 4.79 Å². The fourth-order valence-electron chi connectivity index (χ4n) is 1.30. The second-order valence-electron chi connectivity index (χ2n) is 4.84. The third kappa shape index (κ3) is 2.46. The quantitative estimate of drug-likeness (QED) is 0.879. The fraction of sp³-hybridized carbons (Fsp3) is 0.364. The Kier molecular flexibility index (Phi) is 2.91. The minimum absolute atomic E-state index is 0.0551. The van der Waals surface area contributed by atoms with Gasteiger partial charge in [0.1, 0.15) is 6.33 Å². The third-order valence-corrected chi connectivity index (χ3v) is 2.72. The predicted molar refractivity (Wildman–Crippen MR) is 68.8 cm³/mol. The molecule has 0 saturated heterocycles. The molecule has 2 aromatic heterocycles. The molecule has 2 heterocycles. The lowest BCUT2D eigenvalue weighted by atomic mass is 9.95. The average Bonchev–Trinajstić information content (AvgIpc) is 2.63. The van der Waals surface area contributed by atoms with E-state index in [0.717, 1.165) is 4.47 Å². The van der Waals surface area contributed by atoms with Gasteiger partial charge in [-0.15, -0.1) is 10.2 Å². The zero-order chi connectivity index (χ0) is 12.6. The lowest BCUT2D eigenvalue weighted by molar-refractivity contribution is -0.123. The average molecular weight is 297 g/mol. The maximum Gasteiger partial charge on any atom is 0.229 e.